The highest BCUT2D eigenvalue weighted by Crippen LogP contribution is 2.49. The number of fused-ring (bicyclic) bond motifs is 7. The van der Waals surface area contributed by atoms with Gasteiger partial charge in [-0.25, -0.2) is 0 Å². The van der Waals surface area contributed by atoms with Crippen molar-refractivity contribution in [3.8, 4) is 0 Å². The quantitative estimate of drug-likeness (QED) is 0.119. The average Bonchev–Trinajstić information content (AvgIpc) is 3.42. The third-order valence-electron chi connectivity index (χ3n) is 7.54. The van der Waals surface area contributed by atoms with E-state index in [1.165, 1.54) is 116 Å². The molecule has 0 N–H and O–H groups in total. The van der Waals surface area contributed by atoms with Gasteiger partial charge in [-0.2, -0.15) is 0 Å². The lowest BCUT2D eigenvalue weighted by atomic mass is 9.89. The maximum Gasteiger partial charge on any atom is 0.0537 e. The number of halogens is 2. The van der Waals surface area contributed by atoms with Crippen LogP contribution in [0.5, 0.6) is 0 Å². The van der Waals surface area contributed by atoms with Gasteiger partial charge in [-0.1, -0.05) is 109 Å². The molecule has 5 rings (SSSR count). The smallest absolute Gasteiger partial charge is 0.0537 e. The first kappa shape index (κ1) is 26.7. The molecule has 0 unspecified atom stereocenters. The Morgan fingerprint density at radius 3 is 1.39 bits per heavy atom. The molecule has 0 amide bonds. The van der Waals surface area contributed by atoms with E-state index in [2.05, 4.69) is 82.1 Å². The Balaban J connectivity index is 1.73. The lowest BCUT2D eigenvalue weighted by Crippen LogP contribution is -1.98. The standard InChI is InChI=1S/C32H36Br2S2/c1-3-5-7-9-11-13-23-24(14-12-10-8-6-4-2)30-26-18-16-22(34)20-28(26)36-32(30)31-29(23)25-17-15-21(33)19-27(25)35-31/h15-20H,3-14H2,1-2H3. The molecule has 0 radical (unpaired) electrons. The fraction of sp³-hybridized carbons (Fsp3) is 0.438. The van der Waals surface area contributed by atoms with Crippen LogP contribution in [0.2, 0.25) is 0 Å². The molecule has 2 heterocycles. The fourth-order valence-corrected chi connectivity index (χ4v) is 9.43. The molecule has 0 spiro atoms. The molecule has 190 valence electrons. The zero-order valence-electron chi connectivity index (χ0n) is 21.5. The summed E-state index contributed by atoms with van der Waals surface area (Å²) in [4.78, 5) is 0. The van der Waals surface area contributed by atoms with E-state index < -0.39 is 0 Å². The zero-order chi connectivity index (χ0) is 25.1. The van der Waals surface area contributed by atoms with Gasteiger partial charge in [0.05, 0.1) is 9.40 Å². The Kier molecular flexibility index (Phi) is 9.09. The minimum Gasteiger partial charge on any atom is -0.134 e. The molecule has 0 aliphatic rings. The van der Waals surface area contributed by atoms with Crippen molar-refractivity contribution in [2.24, 2.45) is 0 Å². The van der Waals surface area contributed by atoms with Crippen LogP contribution in [-0.2, 0) is 12.8 Å². The highest BCUT2D eigenvalue weighted by Gasteiger charge is 2.22. The van der Waals surface area contributed by atoms with Crippen LogP contribution in [0.1, 0.15) is 89.2 Å². The van der Waals surface area contributed by atoms with Gasteiger partial charge in [0.2, 0.25) is 0 Å². The topological polar surface area (TPSA) is 0 Å². The average molecular weight is 645 g/mol. The van der Waals surface area contributed by atoms with E-state index in [-0.39, 0.29) is 0 Å². The van der Waals surface area contributed by atoms with Gasteiger partial charge in [0.1, 0.15) is 0 Å². The lowest BCUT2D eigenvalue weighted by molar-refractivity contribution is 0.623. The molecule has 0 saturated carbocycles. The lowest BCUT2D eigenvalue weighted by Gasteiger charge is -2.15. The Morgan fingerprint density at radius 1 is 0.556 bits per heavy atom. The predicted molar refractivity (Wildman–Crippen MR) is 173 cm³/mol. The minimum absolute atomic E-state index is 1.18. The van der Waals surface area contributed by atoms with Crippen LogP contribution >= 0.6 is 54.5 Å². The number of benzene rings is 3. The highest BCUT2D eigenvalue weighted by molar-refractivity contribution is 9.10. The molecule has 0 saturated heterocycles. The first-order valence-electron chi connectivity index (χ1n) is 13.8. The van der Waals surface area contributed by atoms with Crippen LogP contribution in [0, 0.1) is 0 Å². The number of aryl methyl sites for hydroxylation is 2. The van der Waals surface area contributed by atoms with Gasteiger partial charge in [-0.15, -0.1) is 22.7 Å². The molecular formula is C32H36Br2S2. The summed E-state index contributed by atoms with van der Waals surface area (Å²) >= 11 is 11.5. The summed E-state index contributed by atoms with van der Waals surface area (Å²) in [5.41, 5.74) is 3.31. The number of thiophene rings is 2. The second kappa shape index (κ2) is 12.3. The highest BCUT2D eigenvalue weighted by atomic mass is 79.9. The Hall–Kier alpha value is -0.940. The van der Waals surface area contributed by atoms with Crippen molar-refractivity contribution in [1.29, 1.82) is 0 Å². The van der Waals surface area contributed by atoms with Gasteiger partial charge in [-0.05, 0) is 61.1 Å². The van der Waals surface area contributed by atoms with Crippen molar-refractivity contribution < 1.29 is 0 Å². The summed E-state index contributed by atoms with van der Waals surface area (Å²) in [6, 6.07) is 13.8. The van der Waals surface area contributed by atoms with Crippen LogP contribution in [0.15, 0.2) is 45.3 Å². The van der Waals surface area contributed by atoms with Crippen LogP contribution in [0.3, 0.4) is 0 Å². The summed E-state index contributed by atoms with van der Waals surface area (Å²) in [6.45, 7) is 4.62. The maximum absolute atomic E-state index is 3.73. The van der Waals surface area contributed by atoms with Crippen molar-refractivity contribution in [3.63, 3.8) is 0 Å². The van der Waals surface area contributed by atoms with E-state index in [0.717, 1.165) is 0 Å². The third-order valence-corrected chi connectivity index (χ3v) is 11.0. The fourth-order valence-electron chi connectivity index (χ4n) is 5.72. The van der Waals surface area contributed by atoms with E-state index in [4.69, 9.17) is 0 Å². The second-order valence-corrected chi connectivity index (χ2v) is 14.1. The van der Waals surface area contributed by atoms with Crippen molar-refractivity contribution in [2.75, 3.05) is 0 Å². The van der Waals surface area contributed by atoms with Crippen LogP contribution < -0.4 is 0 Å². The van der Waals surface area contributed by atoms with Crippen molar-refractivity contribution in [3.05, 3.63) is 56.5 Å². The van der Waals surface area contributed by atoms with Gasteiger partial charge < -0.3 is 0 Å². The van der Waals surface area contributed by atoms with Crippen molar-refractivity contribution >= 4 is 94.9 Å². The Bertz CT molecular complexity index is 1380. The summed E-state index contributed by atoms with van der Waals surface area (Å²) in [5, 5.41) is 6.02. The number of unbranched alkanes of at least 4 members (excludes halogenated alkanes) is 8. The van der Waals surface area contributed by atoms with Gasteiger partial charge in [0.15, 0.2) is 0 Å². The van der Waals surface area contributed by atoms with E-state index in [9.17, 15) is 0 Å². The van der Waals surface area contributed by atoms with Crippen molar-refractivity contribution in [2.45, 2.75) is 90.9 Å². The summed E-state index contributed by atoms with van der Waals surface area (Å²) < 4.78 is 8.19. The molecule has 36 heavy (non-hydrogen) atoms. The molecule has 2 aromatic heterocycles. The zero-order valence-corrected chi connectivity index (χ0v) is 26.3. The predicted octanol–water partition coefficient (Wildman–Crippen LogP) is 13.0. The van der Waals surface area contributed by atoms with Gasteiger partial charge in [0.25, 0.3) is 0 Å². The van der Waals surface area contributed by atoms with Gasteiger partial charge >= 0.3 is 0 Å². The summed E-state index contributed by atoms with van der Waals surface area (Å²) in [6.07, 6.45) is 15.7. The third kappa shape index (κ3) is 5.44. The number of hydrogen-bond donors (Lipinski definition) is 0. The molecule has 0 nitrogen and oxygen atoms in total. The van der Waals surface area contributed by atoms with Crippen LogP contribution in [-0.4, -0.2) is 0 Å². The van der Waals surface area contributed by atoms with E-state index >= 15 is 0 Å². The molecule has 3 aromatic carbocycles. The largest absolute Gasteiger partial charge is 0.134 e. The second-order valence-electron chi connectivity index (χ2n) is 10.2. The van der Waals surface area contributed by atoms with Crippen molar-refractivity contribution in [1.82, 2.24) is 0 Å². The Morgan fingerprint density at radius 2 is 0.972 bits per heavy atom. The molecule has 0 atom stereocenters. The van der Waals surface area contributed by atoms with Gasteiger partial charge in [-0.3, -0.25) is 0 Å². The maximum atomic E-state index is 3.73. The number of hydrogen-bond acceptors (Lipinski definition) is 2. The van der Waals surface area contributed by atoms with Crippen LogP contribution in [0.4, 0.5) is 0 Å². The van der Waals surface area contributed by atoms with E-state index in [0.29, 0.717) is 0 Å². The molecule has 0 aliphatic heterocycles. The molecule has 4 heteroatoms. The van der Waals surface area contributed by atoms with E-state index in [1.54, 1.807) is 21.9 Å². The summed E-state index contributed by atoms with van der Waals surface area (Å²) in [7, 11) is 0. The normalized spacial score (nSPS) is 12.1. The van der Waals surface area contributed by atoms with E-state index in [1.807, 2.05) is 22.7 Å². The molecule has 0 aliphatic carbocycles. The Labute approximate surface area is 240 Å². The molecule has 0 fully saturated rings. The van der Waals surface area contributed by atoms with Gasteiger partial charge in [0, 0.05) is 39.9 Å². The molecular weight excluding hydrogens is 608 g/mol. The SMILES string of the molecule is CCCCCCCc1c(CCCCCCC)c2c3ccc(Br)cc3sc2c2sc3cc(Br)ccc3c12. The monoisotopic (exact) mass is 642 g/mol. The van der Waals surface area contributed by atoms with Crippen LogP contribution in [0.25, 0.3) is 40.3 Å². The molecule has 0 bridgehead atoms. The first-order chi connectivity index (χ1) is 17.6. The first-order valence-corrected chi connectivity index (χ1v) is 17.0. The molecule has 5 aromatic rings. The minimum atomic E-state index is 1.18. The summed E-state index contributed by atoms with van der Waals surface area (Å²) in [5.74, 6) is 0. The number of rotatable bonds is 12.